The molecule has 2 aromatic carbocycles. The number of likely N-dealkylation sites (tertiary alicyclic amines) is 1. The Labute approximate surface area is 229 Å². The number of nitrogens with two attached hydrogens (primary N) is 1. The first-order valence-electron chi connectivity index (χ1n) is 11.5. The maximum Gasteiger partial charge on any atom is 0.221 e. The molecule has 3 rings (SSSR count). The van der Waals surface area contributed by atoms with Gasteiger partial charge in [0.1, 0.15) is 18.9 Å². The Kier molecular flexibility index (Phi) is 17.1. The summed E-state index contributed by atoms with van der Waals surface area (Å²) in [6, 6.07) is 10.1. The van der Waals surface area contributed by atoms with E-state index in [9.17, 15) is 9.18 Å². The lowest BCUT2D eigenvalue weighted by Gasteiger charge is -2.27. The third-order valence-corrected chi connectivity index (χ3v) is 6.04. The number of hydrogen-bond acceptors (Lipinski definition) is 6. The molecule has 4 N–H and O–H groups in total. The van der Waals surface area contributed by atoms with Crippen LogP contribution in [0, 0.1) is 5.82 Å². The van der Waals surface area contributed by atoms with Crippen molar-refractivity contribution in [1.29, 1.82) is 0 Å². The summed E-state index contributed by atoms with van der Waals surface area (Å²) in [7, 11) is 4.08. The Morgan fingerprint density at radius 1 is 1.19 bits per heavy atom. The zero-order valence-electron chi connectivity index (χ0n) is 21.7. The minimum atomic E-state index is -0.371. The Hall–Kier alpha value is -2.78. The molecule has 0 spiro atoms. The normalized spacial score (nSPS) is 16.1. The summed E-state index contributed by atoms with van der Waals surface area (Å²) in [4.78, 5) is 30.7. The molecule has 1 saturated heterocycles. The number of allylic oxidation sites excluding steroid dienone is 1. The molecule has 204 valence electrons. The largest absolute Gasteiger partial charge is 0.379 e. The highest BCUT2D eigenvalue weighted by Crippen LogP contribution is 2.26. The summed E-state index contributed by atoms with van der Waals surface area (Å²) >= 11 is 10.9. The van der Waals surface area contributed by atoms with E-state index < -0.39 is 0 Å². The quantitative estimate of drug-likeness (QED) is 0.255. The van der Waals surface area contributed by atoms with Gasteiger partial charge in [0, 0.05) is 24.3 Å². The van der Waals surface area contributed by atoms with Crippen LogP contribution in [0.15, 0.2) is 49.1 Å². The van der Waals surface area contributed by atoms with Crippen LogP contribution >= 0.6 is 23.2 Å². The third-order valence-electron chi connectivity index (χ3n) is 5.30. The number of amides is 1. The number of hydrogen-bond donors (Lipinski definition) is 3. The number of anilines is 1. The molecule has 2 aromatic rings. The third kappa shape index (κ3) is 13.9. The number of primary amides is 1. The molecule has 1 atom stereocenters. The summed E-state index contributed by atoms with van der Waals surface area (Å²) in [5.74, 6) is -0.654. The van der Waals surface area contributed by atoms with Crippen molar-refractivity contribution in [3.8, 4) is 0 Å². The van der Waals surface area contributed by atoms with Gasteiger partial charge in [-0.05, 0) is 87.9 Å². The Bertz CT molecular complexity index is 1000. The summed E-state index contributed by atoms with van der Waals surface area (Å²) < 4.78 is 12.2. The fourth-order valence-electron chi connectivity index (χ4n) is 3.67. The van der Waals surface area contributed by atoms with Crippen molar-refractivity contribution in [2.45, 2.75) is 31.7 Å². The van der Waals surface area contributed by atoms with E-state index in [1.165, 1.54) is 29.8 Å². The molecule has 7 nitrogen and oxygen atoms in total. The number of nitrogens with one attached hydrogen (secondary N) is 2. The number of benzene rings is 2. The fraction of sp³-hybridized carbons (Fsp3) is 0.370. The van der Waals surface area contributed by atoms with E-state index >= 15 is 0 Å². The number of carbonyl (C=O) groups is 3. The van der Waals surface area contributed by atoms with Crippen LogP contribution in [0.3, 0.4) is 0 Å². The molecule has 1 amide bonds. The molecule has 0 radical (unpaired) electrons. The predicted octanol–water partition coefficient (Wildman–Crippen LogP) is 4.30. The lowest BCUT2D eigenvalue weighted by molar-refractivity contribution is -0.117. The van der Waals surface area contributed by atoms with Crippen molar-refractivity contribution < 1.29 is 18.8 Å². The van der Waals surface area contributed by atoms with E-state index in [0.717, 1.165) is 43.7 Å². The van der Waals surface area contributed by atoms with Gasteiger partial charge in [-0.2, -0.15) is 0 Å². The van der Waals surface area contributed by atoms with E-state index in [-0.39, 0.29) is 22.3 Å². The van der Waals surface area contributed by atoms with Crippen LogP contribution in [-0.4, -0.2) is 63.2 Å². The Balaban J connectivity index is 0.000000711. The van der Waals surface area contributed by atoms with Crippen LogP contribution in [0.1, 0.15) is 24.5 Å². The van der Waals surface area contributed by atoms with Gasteiger partial charge in [0.05, 0.1) is 16.5 Å². The first-order chi connectivity index (χ1) is 17.5. The first kappa shape index (κ1) is 34.2. The summed E-state index contributed by atoms with van der Waals surface area (Å²) in [5.41, 5.74) is 8.78. The Morgan fingerprint density at radius 3 is 2.30 bits per heavy atom. The van der Waals surface area contributed by atoms with Crippen LogP contribution in [0.4, 0.5) is 10.1 Å². The monoisotopic (exact) mass is 554 g/mol. The molecule has 1 fully saturated rings. The number of rotatable bonds is 8. The molecule has 1 aliphatic rings. The molecule has 10 heteroatoms. The molecule has 0 bridgehead atoms. The van der Waals surface area contributed by atoms with Crippen LogP contribution in [0.2, 0.25) is 10.0 Å². The van der Waals surface area contributed by atoms with E-state index in [0.29, 0.717) is 17.7 Å². The second kappa shape index (κ2) is 18.5. The number of halogens is 3. The van der Waals surface area contributed by atoms with E-state index in [2.05, 4.69) is 54.3 Å². The van der Waals surface area contributed by atoms with Gasteiger partial charge in [-0.3, -0.25) is 9.59 Å². The highest BCUT2D eigenvalue weighted by Gasteiger charge is 2.31. The molecule has 1 aliphatic heterocycles. The average molecular weight is 556 g/mol. The highest BCUT2D eigenvalue weighted by atomic mass is 35.5. The summed E-state index contributed by atoms with van der Waals surface area (Å²) in [6.45, 7) is 10.4. The van der Waals surface area contributed by atoms with Crippen molar-refractivity contribution >= 4 is 47.9 Å². The van der Waals surface area contributed by atoms with Gasteiger partial charge in [0.15, 0.2) is 0 Å². The molecule has 1 unspecified atom stereocenters. The smallest absolute Gasteiger partial charge is 0.221 e. The zero-order valence-corrected chi connectivity index (χ0v) is 23.2. The summed E-state index contributed by atoms with van der Waals surface area (Å²) in [6.07, 6.45) is 4.15. The lowest BCUT2D eigenvalue weighted by Crippen LogP contribution is -2.37. The van der Waals surface area contributed by atoms with Gasteiger partial charge in [-0.15, -0.1) is 0 Å². The molecular formula is C27H37Cl2FN4O3. The summed E-state index contributed by atoms with van der Waals surface area (Å²) in [5, 5.41) is 7.40. The number of nitrogens with zero attached hydrogens (tertiary/aromatic N) is 1. The predicted molar refractivity (Wildman–Crippen MR) is 151 cm³/mol. The lowest BCUT2D eigenvalue weighted by atomic mass is 9.97. The van der Waals surface area contributed by atoms with Crippen LogP contribution in [0.5, 0.6) is 0 Å². The van der Waals surface area contributed by atoms with Crippen molar-refractivity contribution in [1.82, 2.24) is 10.2 Å². The molecule has 0 aliphatic carbocycles. The van der Waals surface area contributed by atoms with Gasteiger partial charge in [0.2, 0.25) is 5.91 Å². The van der Waals surface area contributed by atoms with Gasteiger partial charge >= 0.3 is 0 Å². The molecular weight excluding hydrogens is 518 g/mol. The van der Waals surface area contributed by atoms with Crippen LogP contribution in [0.25, 0.3) is 0 Å². The van der Waals surface area contributed by atoms with Crippen LogP contribution < -0.4 is 16.4 Å². The molecule has 1 heterocycles. The highest BCUT2D eigenvalue weighted by molar-refractivity contribution is 6.41. The van der Waals surface area contributed by atoms with Gasteiger partial charge in [-0.1, -0.05) is 35.8 Å². The zero-order chi connectivity index (χ0) is 28.4. The Morgan fingerprint density at radius 2 is 1.84 bits per heavy atom. The van der Waals surface area contributed by atoms with Gasteiger partial charge < -0.3 is 26.1 Å². The van der Waals surface area contributed by atoms with Crippen molar-refractivity contribution in [2.75, 3.05) is 39.0 Å². The maximum absolute atomic E-state index is 12.2. The van der Waals surface area contributed by atoms with Crippen molar-refractivity contribution in [3.05, 3.63) is 76.0 Å². The van der Waals surface area contributed by atoms with Crippen LogP contribution in [-0.2, 0) is 27.2 Å². The maximum atomic E-state index is 12.2. The topological polar surface area (TPSA) is 105 Å². The standard InChI is InChI=1S/C17H28N4O.C6H3Cl2F.C3H4O.CH2O/c1-17(7-9-21(3)12-17)20-15-5-4-13(6-8-19-2)14(10-15)11-16(18)22;7-5-2-1-4(9)3-6(5)8;1-2-3-4;1-2/h4-5,10,19-20H,6-9,11-12H2,1-3H3,(H2,18,22);1-3H;2-3H,1H2;1H2. The van der Waals surface area contributed by atoms with Gasteiger partial charge in [0.25, 0.3) is 0 Å². The fourth-order valence-corrected chi connectivity index (χ4v) is 3.96. The number of likely N-dealkylation sites (N-methyl/N-ethyl adjacent to an activating group) is 2. The second-order valence-electron chi connectivity index (χ2n) is 8.58. The first-order valence-corrected chi connectivity index (χ1v) is 12.3. The van der Waals surface area contributed by atoms with E-state index in [1.807, 2.05) is 13.8 Å². The minimum Gasteiger partial charge on any atom is -0.379 e. The molecule has 37 heavy (non-hydrogen) atoms. The molecule has 0 saturated carbocycles. The van der Waals surface area contributed by atoms with E-state index in [1.54, 1.807) is 0 Å². The van der Waals surface area contributed by atoms with Gasteiger partial charge in [-0.25, -0.2) is 4.39 Å². The van der Waals surface area contributed by atoms with Crippen molar-refractivity contribution in [2.24, 2.45) is 5.73 Å². The number of carbonyl (C=O) groups excluding carboxylic acids is 3. The SMILES string of the molecule is C=CC=O.C=O.CNCCc1ccc(NC2(C)CCN(C)C2)cc1CC(N)=O.Fc1ccc(Cl)c(Cl)c1. The van der Waals surface area contributed by atoms with Crippen molar-refractivity contribution in [3.63, 3.8) is 0 Å². The van der Waals surface area contributed by atoms with E-state index in [4.69, 9.17) is 38.5 Å². The second-order valence-corrected chi connectivity index (χ2v) is 9.40. The number of aldehydes is 1. The minimum absolute atomic E-state index is 0.0885. The molecule has 0 aromatic heterocycles. The average Bonchev–Trinajstić information content (AvgIpc) is 3.20.